The average Bonchev–Trinajstić information content (AvgIpc) is 2.15. The lowest BCUT2D eigenvalue weighted by Crippen LogP contribution is -2.14. The second-order valence-corrected chi connectivity index (χ2v) is 3.16. The second-order valence-electron chi connectivity index (χ2n) is 2.89. The number of hydrogen-bond acceptors (Lipinski definition) is 2. The lowest BCUT2D eigenvalue weighted by atomic mass is 10.1. The van der Waals surface area contributed by atoms with Crippen molar-refractivity contribution in [1.82, 2.24) is 4.98 Å². The number of nitrogens with zero attached hydrogens (tertiary/aromatic N) is 1. The Kier molecular flexibility index (Phi) is 3.57. The molecule has 1 aromatic rings. The molecule has 0 aliphatic rings. The molecule has 0 bridgehead atoms. The standard InChI is InChI=1S/C8H6ClF5N2/c9-2-5-4(15)1-3(8(12,13)14)6(16-5)7(10)11/h1,7H,2,15H2. The maximum Gasteiger partial charge on any atom is 0.418 e. The lowest BCUT2D eigenvalue weighted by Gasteiger charge is -2.14. The van der Waals surface area contributed by atoms with Crippen LogP contribution in [0.4, 0.5) is 27.6 Å². The summed E-state index contributed by atoms with van der Waals surface area (Å²) >= 11 is 5.31. The molecule has 1 aromatic heterocycles. The van der Waals surface area contributed by atoms with Crippen LogP contribution in [0.2, 0.25) is 0 Å². The van der Waals surface area contributed by atoms with Gasteiger partial charge < -0.3 is 5.73 Å². The first-order valence-electron chi connectivity index (χ1n) is 3.98. The number of anilines is 1. The van der Waals surface area contributed by atoms with Crippen LogP contribution in [0, 0.1) is 0 Å². The fraction of sp³-hybridized carbons (Fsp3) is 0.375. The zero-order valence-corrected chi connectivity index (χ0v) is 8.41. The molecular formula is C8H6ClF5N2. The van der Waals surface area contributed by atoms with E-state index in [2.05, 4.69) is 4.98 Å². The van der Waals surface area contributed by atoms with Gasteiger partial charge in [-0.15, -0.1) is 11.6 Å². The Morgan fingerprint density at radius 2 is 1.94 bits per heavy atom. The van der Waals surface area contributed by atoms with Crippen molar-refractivity contribution < 1.29 is 22.0 Å². The van der Waals surface area contributed by atoms with Crippen LogP contribution in [0.5, 0.6) is 0 Å². The van der Waals surface area contributed by atoms with Gasteiger partial charge in [-0.3, -0.25) is 0 Å². The van der Waals surface area contributed by atoms with E-state index in [0.717, 1.165) is 0 Å². The molecule has 8 heteroatoms. The van der Waals surface area contributed by atoms with Gasteiger partial charge in [0.1, 0.15) is 5.69 Å². The second kappa shape index (κ2) is 4.40. The molecule has 90 valence electrons. The third-order valence-electron chi connectivity index (χ3n) is 1.80. The molecule has 0 amide bonds. The monoisotopic (exact) mass is 260 g/mol. The Morgan fingerprint density at radius 3 is 2.31 bits per heavy atom. The topological polar surface area (TPSA) is 38.9 Å². The summed E-state index contributed by atoms with van der Waals surface area (Å²) in [6, 6.07) is 0.423. The Hall–Kier alpha value is -1.11. The summed E-state index contributed by atoms with van der Waals surface area (Å²) in [4.78, 5) is 3.13. The zero-order chi connectivity index (χ0) is 12.5. The summed E-state index contributed by atoms with van der Waals surface area (Å²) in [5, 5.41) is 0. The maximum atomic E-state index is 12.4. The van der Waals surface area contributed by atoms with E-state index in [0.29, 0.717) is 6.07 Å². The Morgan fingerprint density at radius 1 is 1.38 bits per heavy atom. The third-order valence-corrected chi connectivity index (χ3v) is 2.06. The van der Waals surface area contributed by atoms with Crippen LogP contribution in [0.25, 0.3) is 0 Å². The van der Waals surface area contributed by atoms with Crippen molar-refractivity contribution in [3.05, 3.63) is 23.0 Å². The number of halogens is 6. The highest BCUT2D eigenvalue weighted by molar-refractivity contribution is 6.17. The lowest BCUT2D eigenvalue weighted by molar-refractivity contribution is -0.139. The van der Waals surface area contributed by atoms with Gasteiger partial charge in [0.15, 0.2) is 0 Å². The van der Waals surface area contributed by atoms with E-state index in [1.54, 1.807) is 0 Å². The van der Waals surface area contributed by atoms with Crippen LogP contribution in [0.15, 0.2) is 6.07 Å². The molecule has 0 unspecified atom stereocenters. The smallest absolute Gasteiger partial charge is 0.397 e. The first-order chi connectivity index (χ1) is 7.27. The van der Waals surface area contributed by atoms with E-state index >= 15 is 0 Å². The minimum absolute atomic E-state index is 0.190. The number of alkyl halides is 6. The van der Waals surface area contributed by atoms with Crippen molar-refractivity contribution in [2.24, 2.45) is 0 Å². The fourth-order valence-corrected chi connectivity index (χ4v) is 1.30. The summed E-state index contributed by atoms with van der Waals surface area (Å²) in [6.45, 7) is 0. The average molecular weight is 261 g/mol. The number of pyridine rings is 1. The molecule has 0 saturated heterocycles. The summed E-state index contributed by atoms with van der Waals surface area (Å²) in [5.74, 6) is -0.330. The summed E-state index contributed by atoms with van der Waals surface area (Å²) < 4.78 is 61.8. The molecule has 0 saturated carbocycles. The molecular weight excluding hydrogens is 255 g/mol. The highest BCUT2D eigenvalue weighted by Crippen LogP contribution is 2.37. The van der Waals surface area contributed by atoms with Crippen molar-refractivity contribution in [2.75, 3.05) is 5.73 Å². The van der Waals surface area contributed by atoms with E-state index in [1.165, 1.54) is 0 Å². The van der Waals surface area contributed by atoms with Crippen LogP contribution >= 0.6 is 11.6 Å². The van der Waals surface area contributed by atoms with Gasteiger partial charge in [0.05, 0.1) is 22.8 Å². The van der Waals surface area contributed by atoms with E-state index in [4.69, 9.17) is 17.3 Å². The van der Waals surface area contributed by atoms with Gasteiger partial charge in [0, 0.05) is 0 Å². The van der Waals surface area contributed by atoms with Crippen molar-refractivity contribution in [3.63, 3.8) is 0 Å². The molecule has 0 radical (unpaired) electrons. The zero-order valence-electron chi connectivity index (χ0n) is 7.65. The van der Waals surface area contributed by atoms with E-state index in [-0.39, 0.29) is 17.3 Å². The van der Waals surface area contributed by atoms with Gasteiger partial charge in [0.25, 0.3) is 6.43 Å². The molecule has 0 aromatic carbocycles. The Bertz CT molecular complexity index is 391. The predicted octanol–water partition coefficient (Wildman–Crippen LogP) is 3.36. The minimum atomic E-state index is -4.92. The molecule has 1 heterocycles. The number of rotatable bonds is 2. The van der Waals surface area contributed by atoms with Crippen LogP contribution < -0.4 is 5.73 Å². The SMILES string of the molecule is Nc1cc(C(F)(F)F)c(C(F)F)nc1CCl. The van der Waals surface area contributed by atoms with E-state index in [9.17, 15) is 22.0 Å². The van der Waals surface area contributed by atoms with E-state index < -0.39 is 23.9 Å². The molecule has 2 N–H and O–H groups in total. The van der Waals surface area contributed by atoms with Crippen molar-refractivity contribution in [3.8, 4) is 0 Å². The number of hydrogen-bond donors (Lipinski definition) is 1. The molecule has 0 fully saturated rings. The third kappa shape index (κ3) is 2.52. The first-order valence-corrected chi connectivity index (χ1v) is 4.51. The molecule has 16 heavy (non-hydrogen) atoms. The van der Waals surface area contributed by atoms with Gasteiger partial charge in [0.2, 0.25) is 0 Å². The van der Waals surface area contributed by atoms with Crippen LogP contribution in [0.3, 0.4) is 0 Å². The first kappa shape index (κ1) is 13.0. The van der Waals surface area contributed by atoms with Crippen molar-refractivity contribution in [2.45, 2.75) is 18.5 Å². The van der Waals surface area contributed by atoms with Gasteiger partial charge in [-0.05, 0) is 6.07 Å². The minimum Gasteiger partial charge on any atom is -0.397 e. The molecule has 0 aliphatic carbocycles. The molecule has 0 aliphatic heterocycles. The van der Waals surface area contributed by atoms with Crippen LogP contribution in [-0.2, 0) is 12.1 Å². The summed E-state index contributed by atoms with van der Waals surface area (Å²) in [7, 11) is 0. The fourth-order valence-electron chi connectivity index (χ4n) is 1.08. The van der Waals surface area contributed by atoms with Crippen molar-refractivity contribution in [1.29, 1.82) is 0 Å². The molecule has 0 spiro atoms. The van der Waals surface area contributed by atoms with Crippen LogP contribution in [0.1, 0.15) is 23.4 Å². The molecule has 1 rings (SSSR count). The maximum absolute atomic E-state index is 12.4. The van der Waals surface area contributed by atoms with Gasteiger partial charge >= 0.3 is 6.18 Å². The van der Waals surface area contributed by atoms with E-state index in [1.807, 2.05) is 0 Å². The highest BCUT2D eigenvalue weighted by atomic mass is 35.5. The molecule has 0 atom stereocenters. The molecule has 2 nitrogen and oxygen atoms in total. The summed E-state index contributed by atoms with van der Waals surface area (Å²) in [5.41, 5.74) is 1.78. The Labute approximate surface area is 92.2 Å². The van der Waals surface area contributed by atoms with Gasteiger partial charge in [-0.25, -0.2) is 13.8 Å². The van der Waals surface area contributed by atoms with Crippen molar-refractivity contribution >= 4 is 17.3 Å². The largest absolute Gasteiger partial charge is 0.418 e. The quantitative estimate of drug-likeness (QED) is 0.654. The van der Waals surface area contributed by atoms with Crippen LogP contribution in [-0.4, -0.2) is 4.98 Å². The summed E-state index contributed by atoms with van der Waals surface area (Å²) in [6.07, 6.45) is -8.25. The van der Waals surface area contributed by atoms with Gasteiger partial charge in [-0.1, -0.05) is 0 Å². The Balaban J connectivity index is 3.42. The highest BCUT2D eigenvalue weighted by Gasteiger charge is 2.37. The number of nitrogens with two attached hydrogens (primary N) is 1. The number of aromatic nitrogens is 1. The van der Waals surface area contributed by atoms with Gasteiger partial charge in [-0.2, -0.15) is 13.2 Å². The normalized spacial score (nSPS) is 12.2. The number of nitrogen functional groups attached to an aromatic ring is 1. The predicted molar refractivity (Wildman–Crippen MR) is 48.2 cm³/mol.